The lowest BCUT2D eigenvalue weighted by Crippen LogP contribution is -2.13. The van der Waals surface area contributed by atoms with Crippen LogP contribution in [-0.4, -0.2) is 28.7 Å². The van der Waals surface area contributed by atoms with Crippen molar-refractivity contribution in [3.8, 4) is 23.0 Å². The first-order chi connectivity index (χ1) is 13.9. The Labute approximate surface area is 172 Å². The second-order valence-corrected chi connectivity index (χ2v) is 8.53. The molecule has 3 aromatic rings. The molecule has 4 rings (SSSR count). The number of ether oxygens (including phenoxy) is 2. The highest BCUT2D eigenvalue weighted by Gasteiger charge is 2.16. The third-order valence-electron chi connectivity index (χ3n) is 4.39. The van der Waals surface area contributed by atoms with Gasteiger partial charge in [-0.05, 0) is 35.2 Å². The minimum absolute atomic E-state index is 0.0831. The molecule has 0 aliphatic carbocycles. The molecule has 0 unspecified atom stereocenters. The van der Waals surface area contributed by atoms with Gasteiger partial charge in [0.25, 0.3) is 5.22 Å². The van der Waals surface area contributed by atoms with E-state index in [0.29, 0.717) is 28.3 Å². The maximum atomic E-state index is 12.2. The second-order valence-electron chi connectivity index (χ2n) is 7.61. The molecule has 1 amide bonds. The highest BCUT2D eigenvalue weighted by atomic mass is 32.2. The van der Waals surface area contributed by atoms with Gasteiger partial charge in [0.1, 0.15) is 0 Å². The highest BCUT2D eigenvalue weighted by Crippen LogP contribution is 2.34. The zero-order chi connectivity index (χ0) is 20.4. The largest absolute Gasteiger partial charge is 0.454 e. The Morgan fingerprint density at radius 3 is 2.59 bits per heavy atom. The van der Waals surface area contributed by atoms with Crippen molar-refractivity contribution >= 4 is 23.4 Å². The lowest BCUT2D eigenvalue weighted by atomic mass is 9.87. The topological polar surface area (TPSA) is 86.5 Å². The molecule has 1 aliphatic heterocycles. The van der Waals surface area contributed by atoms with E-state index in [1.165, 1.54) is 17.3 Å². The van der Waals surface area contributed by atoms with Crippen LogP contribution < -0.4 is 14.8 Å². The summed E-state index contributed by atoms with van der Waals surface area (Å²) in [5.74, 6) is 1.70. The summed E-state index contributed by atoms with van der Waals surface area (Å²) in [6.07, 6.45) is 0. The van der Waals surface area contributed by atoms with Crippen molar-refractivity contribution < 1.29 is 18.7 Å². The van der Waals surface area contributed by atoms with Gasteiger partial charge in [-0.3, -0.25) is 4.79 Å². The summed E-state index contributed by atoms with van der Waals surface area (Å²) in [5, 5.41) is 11.3. The molecule has 0 bridgehead atoms. The molecule has 1 aromatic heterocycles. The van der Waals surface area contributed by atoms with E-state index in [2.05, 4.69) is 48.4 Å². The van der Waals surface area contributed by atoms with Gasteiger partial charge in [0.05, 0.1) is 5.75 Å². The number of nitrogens with one attached hydrogen (secondary N) is 1. The van der Waals surface area contributed by atoms with Crippen molar-refractivity contribution in [2.75, 3.05) is 17.9 Å². The Morgan fingerprint density at radius 2 is 1.83 bits per heavy atom. The summed E-state index contributed by atoms with van der Waals surface area (Å²) in [6.45, 7) is 6.69. The van der Waals surface area contributed by atoms with Crippen molar-refractivity contribution in [1.29, 1.82) is 0 Å². The van der Waals surface area contributed by atoms with E-state index in [0.717, 1.165) is 5.56 Å². The number of benzene rings is 2. The fourth-order valence-corrected chi connectivity index (χ4v) is 3.36. The monoisotopic (exact) mass is 411 g/mol. The number of fused-ring (bicyclic) bond motifs is 1. The molecule has 1 N–H and O–H groups in total. The molecule has 0 radical (unpaired) electrons. The number of rotatable bonds is 5. The minimum atomic E-state index is -0.178. The maximum absolute atomic E-state index is 12.2. The van der Waals surface area contributed by atoms with Crippen LogP contribution in [0.3, 0.4) is 0 Å². The van der Waals surface area contributed by atoms with E-state index in [1.807, 2.05) is 12.1 Å². The molecule has 1 aliphatic rings. The lowest BCUT2D eigenvalue weighted by molar-refractivity contribution is -0.113. The van der Waals surface area contributed by atoms with Crippen LogP contribution in [0.25, 0.3) is 11.5 Å². The number of carbonyl (C=O) groups is 1. The zero-order valence-electron chi connectivity index (χ0n) is 16.4. The number of nitrogens with zero attached hydrogens (tertiary/aromatic N) is 2. The number of amides is 1. The van der Waals surface area contributed by atoms with Gasteiger partial charge in [-0.15, -0.1) is 10.2 Å². The van der Waals surface area contributed by atoms with Crippen molar-refractivity contribution in [2.24, 2.45) is 0 Å². The fraction of sp³-hybridized carbons (Fsp3) is 0.286. The Morgan fingerprint density at radius 1 is 1.07 bits per heavy atom. The number of thioether (sulfide) groups is 1. The first kappa shape index (κ1) is 19.3. The van der Waals surface area contributed by atoms with Gasteiger partial charge in [0.15, 0.2) is 11.5 Å². The van der Waals surface area contributed by atoms with Gasteiger partial charge in [-0.1, -0.05) is 44.7 Å². The molecular formula is C21H21N3O4S. The van der Waals surface area contributed by atoms with Crippen LogP contribution in [0.15, 0.2) is 52.1 Å². The summed E-state index contributed by atoms with van der Waals surface area (Å²) >= 11 is 1.19. The number of hydrogen-bond acceptors (Lipinski definition) is 7. The molecule has 0 fully saturated rings. The van der Waals surface area contributed by atoms with Gasteiger partial charge in [0.2, 0.25) is 18.6 Å². The fourth-order valence-electron chi connectivity index (χ4n) is 2.80. The summed E-state index contributed by atoms with van der Waals surface area (Å²) in [4.78, 5) is 12.2. The Bertz CT molecular complexity index is 1030. The Kier molecular flexibility index (Phi) is 5.19. The average Bonchev–Trinajstić information content (AvgIpc) is 3.35. The van der Waals surface area contributed by atoms with Gasteiger partial charge in [0, 0.05) is 17.3 Å². The van der Waals surface area contributed by atoms with Crippen LogP contribution in [0.2, 0.25) is 0 Å². The first-order valence-electron chi connectivity index (χ1n) is 9.15. The molecule has 150 valence electrons. The molecule has 0 saturated carbocycles. The predicted molar refractivity (Wildman–Crippen MR) is 110 cm³/mol. The Balaban J connectivity index is 1.34. The van der Waals surface area contributed by atoms with Crippen LogP contribution in [-0.2, 0) is 10.2 Å². The highest BCUT2D eigenvalue weighted by molar-refractivity contribution is 7.99. The summed E-state index contributed by atoms with van der Waals surface area (Å²) in [5.41, 5.74) is 2.81. The van der Waals surface area contributed by atoms with E-state index in [9.17, 15) is 4.79 Å². The standard InChI is InChI=1S/C21H21N3O4S/c1-21(2,3)14-6-4-13(5-7-14)19-23-24-20(28-19)29-11-18(25)22-15-8-9-16-17(10-15)27-12-26-16/h4-10H,11-12H2,1-3H3,(H,22,25). The van der Waals surface area contributed by atoms with Gasteiger partial charge in [-0.2, -0.15) is 0 Å². The zero-order valence-corrected chi connectivity index (χ0v) is 17.2. The van der Waals surface area contributed by atoms with Crippen molar-refractivity contribution in [3.63, 3.8) is 0 Å². The first-order valence-corrected chi connectivity index (χ1v) is 10.1. The van der Waals surface area contributed by atoms with E-state index in [-0.39, 0.29) is 23.9 Å². The van der Waals surface area contributed by atoms with E-state index < -0.39 is 0 Å². The molecular weight excluding hydrogens is 390 g/mol. The summed E-state index contributed by atoms with van der Waals surface area (Å²) < 4.78 is 16.2. The van der Waals surface area contributed by atoms with Crippen LogP contribution in [0.5, 0.6) is 11.5 Å². The van der Waals surface area contributed by atoms with Gasteiger partial charge >= 0.3 is 0 Å². The Hall–Kier alpha value is -3.00. The lowest BCUT2D eigenvalue weighted by Gasteiger charge is -2.18. The molecule has 0 atom stereocenters. The molecule has 7 nitrogen and oxygen atoms in total. The second kappa shape index (κ2) is 7.79. The average molecular weight is 411 g/mol. The van der Waals surface area contributed by atoms with Crippen molar-refractivity contribution in [1.82, 2.24) is 10.2 Å². The minimum Gasteiger partial charge on any atom is -0.454 e. The SMILES string of the molecule is CC(C)(C)c1ccc(-c2nnc(SCC(=O)Nc3ccc4c(c3)OCO4)o2)cc1. The number of aromatic nitrogens is 2. The number of carbonyl (C=O) groups excluding carboxylic acids is 1. The molecule has 0 spiro atoms. The third kappa shape index (κ3) is 4.54. The van der Waals surface area contributed by atoms with Crippen LogP contribution in [0, 0.1) is 0 Å². The molecule has 8 heteroatoms. The normalized spacial score (nSPS) is 12.8. The van der Waals surface area contributed by atoms with Gasteiger partial charge < -0.3 is 19.2 Å². The summed E-state index contributed by atoms with van der Waals surface area (Å²) in [6, 6.07) is 13.3. The molecule has 2 heterocycles. The number of hydrogen-bond donors (Lipinski definition) is 1. The van der Waals surface area contributed by atoms with Crippen LogP contribution in [0.4, 0.5) is 5.69 Å². The third-order valence-corrected chi connectivity index (χ3v) is 5.21. The van der Waals surface area contributed by atoms with Crippen molar-refractivity contribution in [2.45, 2.75) is 31.4 Å². The molecule has 29 heavy (non-hydrogen) atoms. The van der Waals surface area contributed by atoms with E-state index in [1.54, 1.807) is 18.2 Å². The van der Waals surface area contributed by atoms with Crippen molar-refractivity contribution in [3.05, 3.63) is 48.0 Å². The van der Waals surface area contributed by atoms with Crippen LogP contribution in [0.1, 0.15) is 26.3 Å². The smallest absolute Gasteiger partial charge is 0.277 e. The number of anilines is 1. The predicted octanol–water partition coefficient (Wildman–Crippen LogP) is 4.49. The summed E-state index contributed by atoms with van der Waals surface area (Å²) in [7, 11) is 0. The quantitative estimate of drug-likeness (QED) is 0.619. The van der Waals surface area contributed by atoms with Crippen LogP contribution >= 0.6 is 11.8 Å². The van der Waals surface area contributed by atoms with E-state index >= 15 is 0 Å². The molecule has 2 aromatic carbocycles. The van der Waals surface area contributed by atoms with E-state index in [4.69, 9.17) is 13.9 Å². The maximum Gasteiger partial charge on any atom is 0.277 e. The van der Waals surface area contributed by atoms with Gasteiger partial charge in [-0.25, -0.2) is 0 Å². The molecule has 0 saturated heterocycles.